The molecule has 1 aliphatic heterocycles. The van der Waals surface area contributed by atoms with Crippen LogP contribution < -0.4 is 16.0 Å². The smallest absolute Gasteiger partial charge is 0.248 e. The molecule has 1 atom stereocenters. The Morgan fingerprint density at radius 2 is 1.96 bits per heavy atom. The monoisotopic (exact) mass is 365 g/mol. The topological polar surface area (TPSA) is 92.5 Å². The number of hydrogen-bond donors (Lipinski definition) is 2. The lowest BCUT2D eigenvalue weighted by Crippen LogP contribution is -2.32. The van der Waals surface area contributed by atoms with Crippen molar-refractivity contribution in [2.75, 3.05) is 11.4 Å². The van der Waals surface area contributed by atoms with E-state index < -0.39 is 5.91 Å². The highest BCUT2D eigenvalue weighted by molar-refractivity contribution is 6.00. The first-order valence-corrected chi connectivity index (χ1v) is 9.04. The maximum absolute atomic E-state index is 12.5. The second-order valence-corrected chi connectivity index (χ2v) is 6.67. The van der Waals surface area contributed by atoms with E-state index in [1.54, 1.807) is 23.1 Å². The molecule has 2 aromatic carbocycles. The van der Waals surface area contributed by atoms with Gasteiger partial charge in [-0.25, -0.2) is 0 Å². The molecule has 0 bridgehead atoms. The molecule has 0 saturated carbocycles. The number of hydrogen-bond acceptors (Lipinski definition) is 3. The average molecular weight is 365 g/mol. The van der Waals surface area contributed by atoms with Gasteiger partial charge in [0.2, 0.25) is 17.7 Å². The largest absolute Gasteiger partial charge is 0.366 e. The van der Waals surface area contributed by atoms with Crippen molar-refractivity contribution in [1.82, 2.24) is 5.32 Å². The Bertz CT molecular complexity index is 878. The highest BCUT2D eigenvalue weighted by atomic mass is 16.2. The van der Waals surface area contributed by atoms with E-state index in [1.165, 1.54) is 0 Å². The fraction of sp³-hybridized carbons (Fsp3) is 0.286. The van der Waals surface area contributed by atoms with Crippen molar-refractivity contribution in [2.45, 2.75) is 26.3 Å². The number of aryl methyl sites for hydroxylation is 1. The lowest BCUT2D eigenvalue weighted by Gasteiger charge is -2.20. The lowest BCUT2D eigenvalue weighted by atomic mass is 10.1. The first-order chi connectivity index (χ1) is 13.0. The maximum atomic E-state index is 12.5. The number of rotatable bonds is 6. The van der Waals surface area contributed by atoms with Crippen molar-refractivity contribution < 1.29 is 14.4 Å². The Labute approximate surface area is 158 Å². The van der Waals surface area contributed by atoms with Crippen LogP contribution in [0.1, 0.15) is 34.8 Å². The summed E-state index contributed by atoms with van der Waals surface area (Å²) in [4.78, 5) is 37.9. The minimum absolute atomic E-state index is 0.0354. The van der Waals surface area contributed by atoms with Gasteiger partial charge >= 0.3 is 0 Å². The van der Waals surface area contributed by atoms with E-state index in [1.807, 2.05) is 37.3 Å². The molecule has 1 unspecified atom stereocenters. The zero-order valence-corrected chi connectivity index (χ0v) is 15.3. The Morgan fingerprint density at radius 3 is 2.70 bits per heavy atom. The molecule has 0 aliphatic carbocycles. The molecule has 3 rings (SSSR count). The van der Waals surface area contributed by atoms with Gasteiger partial charge in [0.15, 0.2) is 0 Å². The van der Waals surface area contributed by atoms with E-state index in [2.05, 4.69) is 5.32 Å². The van der Waals surface area contributed by atoms with E-state index in [-0.39, 0.29) is 30.7 Å². The number of nitrogens with one attached hydrogen (secondary N) is 1. The third-order valence-electron chi connectivity index (χ3n) is 4.84. The zero-order chi connectivity index (χ0) is 19.4. The van der Waals surface area contributed by atoms with E-state index >= 15 is 0 Å². The van der Waals surface area contributed by atoms with E-state index in [0.717, 1.165) is 23.2 Å². The Kier molecular flexibility index (Phi) is 5.54. The van der Waals surface area contributed by atoms with Crippen LogP contribution in [0.4, 0.5) is 5.69 Å². The van der Waals surface area contributed by atoms with Crippen molar-refractivity contribution >= 4 is 23.4 Å². The molecule has 0 aromatic heterocycles. The molecular weight excluding hydrogens is 342 g/mol. The van der Waals surface area contributed by atoms with Crippen LogP contribution in [0.25, 0.3) is 0 Å². The van der Waals surface area contributed by atoms with Crippen molar-refractivity contribution in [2.24, 2.45) is 11.7 Å². The van der Waals surface area contributed by atoms with Gasteiger partial charge in [0.1, 0.15) is 0 Å². The predicted molar refractivity (Wildman–Crippen MR) is 103 cm³/mol. The van der Waals surface area contributed by atoms with Gasteiger partial charge in [-0.05, 0) is 35.7 Å². The quantitative estimate of drug-likeness (QED) is 0.820. The summed E-state index contributed by atoms with van der Waals surface area (Å²) in [6.45, 7) is 2.71. The molecule has 1 aliphatic rings. The summed E-state index contributed by atoms with van der Waals surface area (Å²) in [5.41, 5.74) is 8.45. The summed E-state index contributed by atoms with van der Waals surface area (Å²) in [6.07, 6.45) is 1.03. The van der Waals surface area contributed by atoms with Gasteiger partial charge in [-0.15, -0.1) is 0 Å². The Hall–Kier alpha value is -3.15. The third kappa shape index (κ3) is 4.16. The summed E-state index contributed by atoms with van der Waals surface area (Å²) < 4.78 is 0. The van der Waals surface area contributed by atoms with Crippen LogP contribution >= 0.6 is 0 Å². The number of nitrogens with zero attached hydrogens (tertiary/aromatic N) is 1. The van der Waals surface area contributed by atoms with Crippen LogP contribution in [0.5, 0.6) is 0 Å². The molecule has 6 heteroatoms. The number of para-hydroxylation sites is 1. The van der Waals surface area contributed by atoms with Crippen molar-refractivity contribution in [3.8, 4) is 0 Å². The zero-order valence-electron chi connectivity index (χ0n) is 15.3. The van der Waals surface area contributed by atoms with E-state index in [0.29, 0.717) is 12.1 Å². The number of amides is 3. The SMILES string of the molecule is CCc1ccccc1N1CC(C(=O)NCc2cccc(C(N)=O)c2)CC1=O. The van der Waals surface area contributed by atoms with Gasteiger partial charge in [-0.2, -0.15) is 0 Å². The molecule has 140 valence electrons. The Morgan fingerprint density at radius 1 is 1.19 bits per heavy atom. The molecule has 1 fully saturated rings. The molecule has 3 N–H and O–H groups in total. The number of carbonyl (C=O) groups is 3. The van der Waals surface area contributed by atoms with Crippen LogP contribution in [0.2, 0.25) is 0 Å². The second-order valence-electron chi connectivity index (χ2n) is 6.67. The van der Waals surface area contributed by atoms with Crippen molar-refractivity contribution in [3.05, 3.63) is 65.2 Å². The fourth-order valence-electron chi connectivity index (χ4n) is 3.36. The van der Waals surface area contributed by atoms with Crippen LogP contribution in [0.15, 0.2) is 48.5 Å². The van der Waals surface area contributed by atoms with Gasteiger partial charge in [-0.1, -0.05) is 37.3 Å². The highest BCUT2D eigenvalue weighted by Crippen LogP contribution is 2.28. The molecule has 3 amide bonds. The minimum atomic E-state index is -0.505. The standard InChI is InChI=1S/C21H23N3O3/c1-2-15-7-3-4-9-18(15)24-13-17(11-19(24)25)21(27)23-12-14-6-5-8-16(10-14)20(22)26/h3-10,17H,2,11-13H2,1H3,(H2,22,26)(H,23,27). The van der Waals surface area contributed by atoms with Crippen molar-refractivity contribution in [1.29, 1.82) is 0 Å². The number of primary amides is 1. The first kappa shape index (κ1) is 18.6. The molecule has 0 radical (unpaired) electrons. The number of nitrogens with two attached hydrogens (primary N) is 1. The van der Waals surface area contributed by atoms with Crippen LogP contribution in [-0.2, 0) is 22.6 Å². The summed E-state index contributed by atoms with van der Waals surface area (Å²) in [6, 6.07) is 14.6. The highest BCUT2D eigenvalue weighted by Gasteiger charge is 2.35. The molecule has 27 heavy (non-hydrogen) atoms. The summed E-state index contributed by atoms with van der Waals surface area (Å²) in [5.74, 6) is -1.09. The van der Waals surface area contributed by atoms with Crippen LogP contribution in [0.3, 0.4) is 0 Å². The summed E-state index contributed by atoms with van der Waals surface area (Å²) in [7, 11) is 0. The second kappa shape index (κ2) is 8.03. The Balaban J connectivity index is 1.64. The molecule has 1 saturated heterocycles. The van der Waals surface area contributed by atoms with Gasteiger partial charge in [-0.3, -0.25) is 14.4 Å². The van der Waals surface area contributed by atoms with Crippen molar-refractivity contribution in [3.63, 3.8) is 0 Å². The fourth-order valence-corrected chi connectivity index (χ4v) is 3.36. The van der Waals surface area contributed by atoms with Gasteiger partial charge in [0.25, 0.3) is 0 Å². The van der Waals surface area contributed by atoms with E-state index in [4.69, 9.17) is 5.73 Å². The number of benzene rings is 2. The lowest BCUT2D eigenvalue weighted by molar-refractivity contribution is -0.126. The van der Waals surface area contributed by atoms with Gasteiger partial charge in [0.05, 0.1) is 5.92 Å². The molecule has 6 nitrogen and oxygen atoms in total. The number of carbonyl (C=O) groups excluding carboxylic acids is 3. The van der Waals surface area contributed by atoms with Crippen LogP contribution in [0, 0.1) is 5.92 Å². The third-order valence-corrected chi connectivity index (χ3v) is 4.84. The molecule has 0 spiro atoms. The first-order valence-electron chi connectivity index (χ1n) is 9.04. The molecule has 2 aromatic rings. The average Bonchev–Trinajstić information content (AvgIpc) is 3.07. The summed E-state index contributed by atoms with van der Waals surface area (Å²) >= 11 is 0. The number of anilines is 1. The van der Waals surface area contributed by atoms with Gasteiger partial charge < -0.3 is 16.0 Å². The normalized spacial score (nSPS) is 16.4. The maximum Gasteiger partial charge on any atom is 0.248 e. The summed E-state index contributed by atoms with van der Waals surface area (Å²) in [5, 5.41) is 2.86. The molecule has 1 heterocycles. The predicted octanol–water partition coefficient (Wildman–Crippen LogP) is 2.02. The van der Waals surface area contributed by atoms with Crippen LogP contribution in [-0.4, -0.2) is 24.3 Å². The minimum Gasteiger partial charge on any atom is -0.366 e. The van der Waals surface area contributed by atoms with E-state index in [9.17, 15) is 14.4 Å². The van der Waals surface area contributed by atoms with Gasteiger partial charge in [0, 0.05) is 30.8 Å². The molecular formula is C21H23N3O3.